The van der Waals surface area contributed by atoms with Crippen LogP contribution in [-0.4, -0.2) is 23.7 Å². The second-order valence-corrected chi connectivity index (χ2v) is 6.85. The van der Waals surface area contributed by atoms with Crippen LogP contribution in [0.4, 0.5) is 0 Å². The van der Waals surface area contributed by atoms with Gasteiger partial charge in [-0.1, -0.05) is 24.3 Å². The number of rotatable bonds is 3. The summed E-state index contributed by atoms with van der Waals surface area (Å²) in [5, 5.41) is 1.56. The Morgan fingerprint density at radius 2 is 2.00 bits per heavy atom. The van der Waals surface area contributed by atoms with E-state index in [1.165, 1.54) is 0 Å². The fourth-order valence-electron chi connectivity index (χ4n) is 3.91. The highest BCUT2D eigenvalue weighted by molar-refractivity contribution is 5.89. The van der Waals surface area contributed by atoms with Gasteiger partial charge in [-0.05, 0) is 42.8 Å². The zero-order valence-electron chi connectivity index (χ0n) is 15.6. The van der Waals surface area contributed by atoms with Gasteiger partial charge in [0.15, 0.2) is 0 Å². The Morgan fingerprint density at radius 3 is 2.86 bits per heavy atom. The Labute approximate surface area is 165 Å². The van der Waals surface area contributed by atoms with Crippen LogP contribution in [-0.2, 0) is 9.53 Å². The van der Waals surface area contributed by atoms with E-state index >= 15 is 0 Å². The lowest BCUT2D eigenvalue weighted by Crippen LogP contribution is -2.32. The minimum absolute atomic E-state index is 0.221. The van der Waals surface area contributed by atoms with Crippen LogP contribution in [0.15, 0.2) is 70.0 Å². The van der Waals surface area contributed by atoms with Crippen LogP contribution in [0.3, 0.4) is 0 Å². The monoisotopic (exact) mass is 387 g/mol. The molecule has 0 N–H and O–H groups in total. The zero-order chi connectivity index (χ0) is 20.0. The van der Waals surface area contributed by atoms with E-state index < -0.39 is 23.6 Å². The number of pyridine rings is 1. The quantitative estimate of drug-likeness (QED) is 0.393. The van der Waals surface area contributed by atoms with Crippen molar-refractivity contribution in [3.8, 4) is 5.75 Å². The number of para-hydroxylation sites is 1. The normalized spacial score (nSPS) is 17.8. The molecule has 6 nitrogen and oxygen atoms in total. The van der Waals surface area contributed by atoms with Crippen molar-refractivity contribution >= 4 is 27.8 Å². The van der Waals surface area contributed by atoms with Crippen molar-refractivity contribution in [1.82, 2.24) is 4.98 Å². The zero-order valence-corrected chi connectivity index (χ0v) is 15.6. The molecule has 6 heteroatoms. The minimum Gasteiger partial charge on any atom is -0.476 e. The molecule has 1 aliphatic heterocycles. The Hall–Kier alpha value is -3.67. The lowest BCUT2D eigenvalue weighted by atomic mass is 9.88. The van der Waals surface area contributed by atoms with Crippen LogP contribution in [0.5, 0.6) is 5.75 Å². The van der Waals surface area contributed by atoms with E-state index in [1.807, 2.05) is 42.5 Å². The number of aromatic nitrogens is 1. The molecule has 0 radical (unpaired) electrons. The van der Waals surface area contributed by atoms with Crippen LogP contribution in [0.2, 0.25) is 0 Å². The molecule has 5 rings (SSSR count). The van der Waals surface area contributed by atoms with Crippen LogP contribution in [0.25, 0.3) is 21.9 Å². The van der Waals surface area contributed by atoms with Gasteiger partial charge in [0.2, 0.25) is 6.10 Å². The van der Waals surface area contributed by atoms with E-state index in [1.54, 1.807) is 25.3 Å². The smallest absolute Gasteiger partial charge is 0.348 e. The number of ether oxygens (including phenoxy) is 2. The minimum atomic E-state index is -0.965. The van der Waals surface area contributed by atoms with E-state index in [9.17, 15) is 9.59 Å². The molecule has 29 heavy (non-hydrogen) atoms. The standard InChI is InChI=1S/C23H17NO5/c1-2-27-23(26)21-18(14-9-10-16-13(12-14)6-5-11-24-16)19-20(29-21)15-7-3-4-8-17(15)28-22(19)25/h3-12,18,21H,2H2,1H3/t18-,21-/m0/s1. The summed E-state index contributed by atoms with van der Waals surface area (Å²) in [5.74, 6) is -0.760. The first-order chi connectivity index (χ1) is 14.2. The highest BCUT2D eigenvalue weighted by atomic mass is 16.6. The molecular formula is C23H17NO5. The average molecular weight is 387 g/mol. The summed E-state index contributed by atoms with van der Waals surface area (Å²) in [4.78, 5) is 29.9. The summed E-state index contributed by atoms with van der Waals surface area (Å²) >= 11 is 0. The number of hydrogen-bond donors (Lipinski definition) is 0. The van der Waals surface area contributed by atoms with Crippen molar-refractivity contribution in [3.05, 3.63) is 82.3 Å². The summed E-state index contributed by atoms with van der Waals surface area (Å²) in [6.45, 7) is 1.96. The molecule has 3 heterocycles. The molecule has 0 saturated heterocycles. The van der Waals surface area contributed by atoms with Gasteiger partial charge in [-0.3, -0.25) is 4.98 Å². The number of carbonyl (C=O) groups is 1. The maximum Gasteiger partial charge on any atom is 0.348 e. The highest BCUT2D eigenvalue weighted by Gasteiger charge is 2.45. The van der Waals surface area contributed by atoms with Gasteiger partial charge in [0.05, 0.1) is 29.0 Å². The molecule has 2 atom stereocenters. The molecule has 1 aliphatic rings. The van der Waals surface area contributed by atoms with E-state index in [2.05, 4.69) is 4.98 Å². The van der Waals surface area contributed by atoms with Gasteiger partial charge in [-0.15, -0.1) is 0 Å². The molecule has 2 aromatic carbocycles. The fourth-order valence-corrected chi connectivity index (χ4v) is 3.91. The van der Waals surface area contributed by atoms with Gasteiger partial charge >= 0.3 is 11.6 Å². The number of esters is 1. The topological polar surface area (TPSA) is 78.6 Å². The SMILES string of the molecule is CCOC(=O)[C@H]1Oc2c(c(=O)oc3ccccc23)[C@@H]1c1ccc2ncccc2c1. The maximum absolute atomic E-state index is 12.9. The second kappa shape index (κ2) is 6.74. The van der Waals surface area contributed by atoms with Crippen molar-refractivity contribution in [3.63, 3.8) is 0 Å². The molecule has 2 aromatic heterocycles. The van der Waals surface area contributed by atoms with E-state index in [0.717, 1.165) is 16.5 Å². The summed E-state index contributed by atoms with van der Waals surface area (Å²) in [6.07, 6.45) is 0.755. The van der Waals surface area contributed by atoms with Crippen molar-refractivity contribution in [2.24, 2.45) is 0 Å². The fraction of sp³-hybridized carbons (Fsp3) is 0.174. The largest absolute Gasteiger partial charge is 0.476 e. The van der Waals surface area contributed by atoms with Gasteiger partial charge in [0.1, 0.15) is 11.3 Å². The molecule has 0 amide bonds. The molecule has 0 bridgehead atoms. The number of hydrogen-bond acceptors (Lipinski definition) is 6. The molecule has 4 aromatic rings. The molecule has 0 fully saturated rings. The highest BCUT2D eigenvalue weighted by Crippen LogP contribution is 2.44. The first kappa shape index (κ1) is 17.4. The summed E-state index contributed by atoms with van der Waals surface area (Å²) in [5.41, 5.74) is 1.84. The molecular weight excluding hydrogens is 370 g/mol. The Kier molecular flexibility index (Phi) is 4.05. The van der Waals surface area contributed by atoms with Gasteiger partial charge in [0.25, 0.3) is 0 Å². The Balaban J connectivity index is 1.75. The number of benzene rings is 2. The first-order valence-corrected chi connectivity index (χ1v) is 9.41. The lowest BCUT2D eigenvalue weighted by molar-refractivity contribution is -0.151. The number of carbonyl (C=O) groups excluding carboxylic acids is 1. The van der Waals surface area contributed by atoms with Crippen molar-refractivity contribution in [2.75, 3.05) is 6.61 Å². The predicted octanol–water partition coefficient (Wildman–Crippen LogP) is 3.80. The molecule has 0 spiro atoms. The van der Waals surface area contributed by atoms with Crippen LogP contribution in [0, 0.1) is 0 Å². The molecule has 0 saturated carbocycles. The van der Waals surface area contributed by atoms with Crippen LogP contribution < -0.4 is 10.4 Å². The Morgan fingerprint density at radius 1 is 1.14 bits per heavy atom. The molecule has 0 unspecified atom stereocenters. The van der Waals surface area contributed by atoms with Crippen LogP contribution in [0.1, 0.15) is 24.0 Å². The van der Waals surface area contributed by atoms with Gasteiger partial charge in [0, 0.05) is 11.6 Å². The maximum atomic E-state index is 12.9. The average Bonchev–Trinajstić information content (AvgIpc) is 3.15. The van der Waals surface area contributed by atoms with E-state index in [4.69, 9.17) is 13.9 Å². The van der Waals surface area contributed by atoms with E-state index in [0.29, 0.717) is 22.3 Å². The van der Waals surface area contributed by atoms with Crippen LogP contribution >= 0.6 is 0 Å². The number of nitrogens with zero attached hydrogens (tertiary/aromatic N) is 1. The molecule has 0 aliphatic carbocycles. The first-order valence-electron chi connectivity index (χ1n) is 9.41. The second-order valence-electron chi connectivity index (χ2n) is 6.85. The van der Waals surface area contributed by atoms with Gasteiger partial charge in [-0.25, -0.2) is 9.59 Å². The lowest BCUT2D eigenvalue weighted by Gasteiger charge is -2.18. The van der Waals surface area contributed by atoms with E-state index in [-0.39, 0.29) is 6.61 Å². The summed E-state index contributed by atoms with van der Waals surface area (Å²) in [7, 11) is 0. The van der Waals surface area contributed by atoms with Crippen molar-refractivity contribution in [2.45, 2.75) is 18.9 Å². The van der Waals surface area contributed by atoms with Crippen molar-refractivity contribution in [1.29, 1.82) is 0 Å². The van der Waals surface area contributed by atoms with Gasteiger partial charge in [-0.2, -0.15) is 0 Å². The van der Waals surface area contributed by atoms with Crippen molar-refractivity contribution < 1.29 is 18.7 Å². The third-order valence-electron chi connectivity index (χ3n) is 5.16. The summed E-state index contributed by atoms with van der Waals surface area (Å²) in [6, 6.07) is 16.6. The van der Waals surface area contributed by atoms with Gasteiger partial charge < -0.3 is 13.9 Å². The summed E-state index contributed by atoms with van der Waals surface area (Å²) < 4.78 is 16.8. The third-order valence-corrected chi connectivity index (χ3v) is 5.16. The predicted molar refractivity (Wildman–Crippen MR) is 107 cm³/mol. The number of fused-ring (bicyclic) bond motifs is 4. The molecule has 144 valence electrons. The third kappa shape index (κ3) is 2.76. The Bertz CT molecular complexity index is 1310.